The van der Waals surface area contributed by atoms with Gasteiger partial charge in [-0.1, -0.05) is 41.9 Å². The van der Waals surface area contributed by atoms with E-state index in [0.717, 1.165) is 0 Å². The molecule has 0 spiro atoms. The highest BCUT2D eigenvalue weighted by Crippen LogP contribution is 2.44. The Bertz CT molecular complexity index is 1650. The SMILES string of the molecule is COC(=O)C1=C(C(=O)OC)N(c2ccc(N3CCN(C(=O)c4ccco4)CC3)c(Cl)c2)C(N)=C(C#N)C1c1ccccc1. The van der Waals surface area contributed by atoms with Crippen LogP contribution in [0.15, 0.2) is 94.0 Å². The van der Waals surface area contributed by atoms with Crippen LogP contribution in [-0.2, 0) is 19.1 Å². The second kappa shape index (κ2) is 12.3. The van der Waals surface area contributed by atoms with Gasteiger partial charge >= 0.3 is 11.9 Å². The summed E-state index contributed by atoms with van der Waals surface area (Å²) in [7, 11) is 2.38. The Labute approximate surface area is 252 Å². The highest BCUT2D eigenvalue weighted by Gasteiger charge is 2.43. The normalized spacial score (nSPS) is 17.1. The van der Waals surface area contributed by atoms with Gasteiger partial charge in [0.05, 0.1) is 54.3 Å². The number of carbonyl (C=O) groups excluding carboxylic acids is 3. The summed E-state index contributed by atoms with van der Waals surface area (Å²) in [6.07, 6.45) is 1.46. The molecule has 1 atom stereocenters. The number of nitriles is 1. The quantitative estimate of drug-likeness (QED) is 0.415. The fourth-order valence-electron chi connectivity index (χ4n) is 5.38. The molecule has 2 aliphatic heterocycles. The van der Waals surface area contributed by atoms with Crippen LogP contribution in [-0.4, -0.2) is 63.1 Å². The molecule has 2 aromatic carbocycles. The van der Waals surface area contributed by atoms with Crippen molar-refractivity contribution in [2.75, 3.05) is 50.2 Å². The number of hydrogen-bond donors (Lipinski definition) is 1. The Morgan fingerprint density at radius 1 is 0.977 bits per heavy atom. The first kappa shape index (κ1) is 29.3. The van der Waals surface area contributed by atoms with Crippen LogP contribution in [0.4, 0.5) is 11.4 Å². The third kappa shape index (κ3) is 5.40. The molecule has 0 saturated carbocycles. The van der Waals surface area contributed by atoms with Crippen molar-refractivity contribution in [3.63, 3.8) is 0 Å². The lowest BCUT2D eigenvalue weighted by Crippen LogP contribution is -2.48. The number of amides is 1. The van der Waals surface area contributed by atoms with Gasteiger partial charge in [0.2, 0.25) is 0 Å². The minimum atomic E-state index is -0.973. The Hall–Kier alpha value is -5.21. The number of nitrogens with two attached hydrogens (primary N) is 1. The van der Waals surface area contributed by atoms with Gasteiger partial charge in [-0.25, -0.2) is 9.59 Å². The van der Waals surface area contributed by atoms with Gasteiger partial charge in [-0.3, -0.25) is 9.69 Å². The zero-order valence-corrected chi connectivity index (χ0v) is 24.2. The highest BCUT2D eigenvalue weighted by atomic mass is 35.5. The van der Waals surface area contributed by atoms with Crippen LogP contribution in [0.5, 0.6) is 0 Å². The minimum absolute atomic E-state index is 0.0526. The maximum atomic E-state index is 13.3. The summed E-state index contributed by atoms with van der Waals surface area (Å²) in [6.45, 7) is 1.97. The van der Waals surface area contributed by atoms with Crippen molar-refractivity contribution in [1.82, 2.24) is 4.90 Å². The van der Waals surface area contributed by atoms with E-state index >= 15 is 0 Å². The van der Waals surface area contributed by atoms with Crippen LogP contribution in [0.3, 0.4) is 0 Å². The molecule has 3 aromatic rings. The van der Waals surface area contributed by atoms with Crippen molar-refractivity contribution in [3.05, 3.63) is 106 Å². The lowest BCUT2D eigenvalue weighted by molar-refractivity contribution is -0.139. The molecular weight excluding hydrogens is 574 g/mol. The van der Waals surface area contributed by atoms with Crippen LogP contribution >= 0.6 is 11.6 Å². The first-order chi connectivity index (χ1) is 20.8. The second-order valence-corrected chi connectivity index (χ2v) is 10.1. The molecule has 1 aromatic heterocycles. The molecule has 0 radical (unpaired) electrons. The van der Waals surface area contributed by atoms with Gasteiger partial charge in [0, 0.05) is 31.9 Å². The van der Waals surface area contributed by atoms with Crippen molar-refractivity contribution < 1.29 is 28.3 Å². The molecule has 2 N–H and O–H groups in total. The molecule has 1 unspecified atom stereocenters. The van der Waals surface area contributed by atoms with Gasteiger partial charge in [0.15, 0.2) is 5.76 Å². The molecule has 11 nitrogen and oxygen atoms in total. The predicted molar refractivity (Wildman–Crippen MR) is 158 cm³/mol. The van der Waals surface area contributed by atoms with Gasteiger partial charge in [-0.2, -0.15) is 5.26 Å². The number of anilines is 2. The van der Waals surface area contributed by atoms with Crippen molar-refractivity contribution >= 4 is 40.8 Å². The topological polar surface area (TPSA) is 142 Å². The van der Waals surface area contributed by atoms with E-state index in [1.54, 1.807) is 65.6 Å². The average Bonchev–Trinajstić information content (AvgIpc) is 3.59. The van der Waals surface area contributed by atoms with E-state index in [-0.39, 0.29) is 34.3 Å². The van der Waals surface area contributed by atoms with Crippen molar-refractivity contribution in [3.8, 4) is 6.07 Å². The Kier molecular flexibility index (Phi) is 8.41. The number of allylic oxidation sites excluding steroid dienone is 1. The van der Waals surface area contributed by atoms with Gasteiger partial charge in [-0.05, 0) is 35.9 Å². The molecule has 12 heteroatoms. The summed E-state index contributed by atoms with van der Waals surface area (Å²) >= 11 is 6.78. The fraction of sp³-hybridized carbons (Fsp3) is 0.226. The number of halogens is 1. The Balaban J connectivity index is 1.52. The number of methoxy groups -OCH3 is 2. The first-order valence-electron chi connectivity index (χ1n) is 13.3. The average molecular weight is 602 g/mol. The Morgan fingerprint density at radius 2 is 1.67 bits per heavy atom. The summed E-state index contributed by atoms with van der Waals surface area (Å²) in [6, 6.07) is 19.2. The van der Waals surface area contributed by atoms with Gasteiger partial charge in [-0.15, -0.1) is 0 Å². The van der Waals surface area contributed by atoms with Crippen LogP contribution in [0.1, 0.15) is 22.0 Å². The summed E-state index contributed by atoms with van der Waals surface area (Å²) in [4.78, 5) is 44.3. The van der Waals surface area contributed by atoms with E-state index in [0.29, 0.717) is 48.1 Å². The molecule has 1 amide bonds. The predicted octanol–water partition coefficient (Wildman–Crippen LogP) is 3.79. The lowest BCUT2D eigenvalue weighted by atomic mass is 9.81. The number of esters is 2. The molecule has 0 bridgehead atoms. The molecule has 1 saturated heterocycles. The lowest BCUT2D eigenvalue weighted by Gasteiger charge is -2.37. The van der Waals surface area contributed by atoms with E-state index < -0.39 is 17.9 Å². The maximum absolute atomic E-state index is 13.3. The Morgan fingerprint density at radius 3 is 2.26 bits per heavy atom. The molecule has 220 valence electrons. The number of nitrogens with zero attached hydrogens (tertiary/aromatic N) is 4. The highest BCUT2D eigenvalue weighted by molar-refractivity contribution is 6.33. The standard InChI is InChI=1S/C31H28ClN5O6/c1-41-30(39)26-25(19-7-4-3-5-8-19)21(18-33)28(34)37(27(26)31(40)42-2)20-10-11-23(22(32)17-20)35-12-14-36(15-13-35)29(38)24-9-6-16-43-24/h3-11,16-17,25H,12-15,34H2,1-2H3. The number of benzene rings is 2. The largest absolute Gasteiger partial charge is 0.466 e. The molecule has 3 heterocycles. The summed E-state index contributed by atoms with van der Waals surface area (Å²) in [5.41, 5.74) is 7.96. The maximum Gasteiger partial charge on any atom is 0.355 e. The van der Waals surface area contributed by atoms with Gasteiger partial charge < -0.3 is 29.4 Å². The van der Waals surface area contributed by atoms with Crippen molar-refractivity contribution in [1.29, 1.82) is 5.26 Å². The zero-order chi connectivity index (χ0) is 30.7. The number of rotatable bonds is 6. The van der Waals surface area contributed by atoms with Gasteiger partial charge in [0.1, 0.15) is 11.5 Å². The fourth-order valence-corrected chi connectivity index (χ4v) is 5.67. The van der Waals surface area contributed by atoms with Crippen LogP contribution < -0.4 is 15.5 Å². The van der Waals surface area contributed by atoms with Crippen molar-refractivity contribution in [2.45, 2.75) is 5.92 Å². The van der Waals surface area contributed by atoms with E-state index in [1.807, 2.05) is 4.90 Å². The van der Waals surface area contributed by atoms with E-state index in [9.17, 15) is 19.6 Å². The monoisotopic (exact) mass is 601 g/mol. The number of piperazine rings is 1. The van der Waals surface area contributed by atoms with Crippen LogP contribution in [0.25, 0.3) is 0 Å². The van der Waals surface area contributed by atoms with E-state index in [2.05, 4.69) is 6.07 Å². The van der Waals surface area contributed by atoms with Crippen molar-refractivity contribution in [2.24, 2.45) is 5.73 Å². The van der Waals surface area contributed by atoms with Crippen LogP contribution in [0.2, 0.25) is 5.02 Å². The minimum Gasteiger partial charge on any atom is -0.466 e. The smallest absolute Gasteiger partial charge is 0.355 e. The van der Waals surface area contributed by atoms with E-state index in [4.69, 9.17) is 31.2 Å². The van der Waals surface area contributed by atoms with Gasteiger partial charge in [0.25, 0.3) is 5.91 Å². The third-order valence-electron chi connectivity index (χ3n) is 7.44. The molecule has 43 heavy (non-hydrogen) atoms. The molecule has 2 aliphatic rings. The molecule has 1 fully saturated rings. The third-order valence-corrected chi connectivity index (χ3v) is 7.74. The number of furan rings is 1. The molecule has 5 rings (SSSR count). The van der Waals surface area contributed by atoms with Crippen LogP contribution in [0, 0.1) is 11.3 Å². The van der Waals surface area contributed by atoms with E-state index in [1.165, 1.54) is 25.4 Å². The molecule has 0 aliphatic carbocycles. The number of ether oxygens (including phenoxy) is 2. The summed E-state index contributed by atoms with van der Waals surface area (Å²) in [5.74, 6) is -2.58. The summed E-state index contributed by atoms with van der Waals surface area (Å²) < 4.78 is 15.4. The summed E-state index contributed by atoms with van der Waals surface area (Å²) in [5, 5.41) is 10.6. The first-order valence-corrected chi connectivity index (χ1v) is 13.7. The number of hydrogen-bond acceptors (Lipinski definition) is 10. The number of carbonyl (C=O) groups is 3. The zero-order valence-electron chi connectivity index (χ0n) is 23.5. The molecular formula is C31H28ClN5O6. The second-order valence-electron chi connectivity index (χ2n) is 9.73.